The molecule has 0 radical (unpaired) electrons. The summed E-state index contributed by atoms with van der Waals surface area (Å²) in [5, 5.41) is 17.6. The van der Waals surface area contributed by atoms with Gasteiger partial charge in [-0.1, -0.05) is 46.0 Å². The summed E-state index contributed by atoms with van der Waals surface area (Å²) in [4.78, 5) is 0. The van der Waals surface area contributed by atoms with Crippen molar-refractivity contribution < 1.29 is 10.2 Å². The van der Waals surface area contributed by atoms with E-state index in [1.165, 1.54) is 25.7 Å². The topological polar surface area (TPSA) is 40.5 Å². The zero-order valence-corrected chi connectivity index (χ0v) is 9.76. The first-order valence-corrected chi connectivity index (χ1v) is 5.84. The number of hydrogen-bond acceptors (Lipinski definition) is 2. The van der Waals surface area contributed by atoms with Crippen molar-refractivity contribution in [2.75, 3.05) is 13.2 Å². The Morgan fingerprint density at radius 1 is 0.786 bits per heavy atom. The fraction of sp³-hybridized carbons (Fsp3) is 1.00. The van der Waals surface area contributed by atoms with Crippen molar-refractivity contribution in [3.63, 3.8) is 0 Å². The lowest BCUT2D eigenvalue weighted by molar-refractivity contribution is 0.147. The third-order valence-corrected chi connectivity index (χ3v) is 2.69. The zero-order chi connectivity index (χ0) is 10.9. The highest BCUT2D eigenvalue weighted by Gasteiger charge is 2.14. The largest absolute Gasteiger partial charge is 0.396 e. The van der Waals surface area contributed by atoms with E-state index in [9.17, 15) is 0 Å². The van der Waals surface area contributed by atoms with Crippen LogP contribution in [0.4, 0.5) is 0 Å². The van der Waals surface area contributed by atoms with Gasteiger partial charge in [0.2, 0.25) is 0 Å². The highest BCUT2D eigenvalue weighted by Crippen LogP contribution is 2.22. The predicted molar refractivity (Wildman–Crippen MR) is 60.3 cm³/mol. The Morgan fingerprint density at radius 3 is 1.79 bits per heavy atom. The molecule has 0 aliphatic rings. The molecule has 0 aromatic heterocycles. The Labute approximate surface area is 88.3 Å². The number of unbranched alkanes of at least 4 members (excludes halogenated alkanes) is 5. The van der Waals surface area contributed by atoms with Crippen molar-refractivity contribution in [2.45, 2.75) is 58.8 Å². The molecule has 2 heteroatoms. The van der Waals surface area contributed by atoms with Gasteiger partial charge in [-0.15, -0.1) is 0 Å². The van der Waals surface area contributed by atoms with Crippen molar-refractivity contribution in [1.29, 1.82) is 0 Å². The van der Waals surface area contributed by atoms with E-state index >= 15 is 0 Å². The van der Waals surface area contributed by atoms with Crippen LogP contribution in [0.5, 0.6) is 0 Å². The normalized spacial score (nSPS) is 12.0. The first kappa shape index (κ1) is 13.9. The van der Waals surface area contributed by atoms with E-state index in [1.54, 1.807) is 0 Å². The lowest BCUT2D eigenvalue weighted by Crippen LogP contribution is -2.16. The van der Waals surface area contributed by atoms with Crippen LogP contribution in [0.3, 0.4) is 0 Å². The van der Waals surface area contributed by atoms with E-state index in [1.807, 2.05) is 0 Å². The molecule has 0 aromatic carbocycles. The molecule has 86 valence electrons. The highest BCUT2D eigenvalue weighted by atomic mass is 16.3. The van der Waals surface area contributed by atoms with Crippen LogP contribution < -0.4 is 0 Å². The first-order chi connectivity index (χ1) is 6.62. The van der Waals surface area contributed by atoms with Crippen LogP contribution in [0, 0.1) is 5.41 Å². The Hall–Kier alpha value is -0.0800. The maximum absolute atomic E-state index is 9.04. The Balaban J connectivity index is 3.13. The second-order valence-electron chi connectivity index (χ2n) is 4.92. The van der Waals surface area contributed by atoms with E-state index < -0.39 is 0 Å². The molecule has 2 nitrogen and oxygen atoms in total. The van der Waals surface area contributed by atoms with Gasteiger partial charge in [-0.2, -0.15) is 0 Å². The third kappa shape index (κ3) is 8.52. The molecule has 0 bridgehead atoms. The molecular formula is C12H26O2. The Bertz CT molecular complexity index is 121. The summed E-state index contributed by atoms with van der Waals surface area (Å²) in [6, 6.07) is 0. The number of aliphatic hydroxyl groups excluding tert-OH is 2. The molecule has 0 saturated heterocycles. The van der Waals surface area contributed by atoms with Crippen molar-refractivity contribution in [2.24, 2.45) is 5.41 Å². The van der Waals surface area contributed by atoms with Crippen molar-refractivity contribution in [1.82, 2.24) is 0 Å². The average Bonchev–Trinajstić information content (AvgIpc) is 2.16. The van der Waals surface area contributed by atoms with Crippen LogP contribution in [-0.2, 0) is 0 Å². The number of aliphatic hydroxyl groups is 2. The maximum atomic E-state index is 9.04. The first-order valence-electron chi connectivity index (χ1n) is 5.84. The number of hydrogen-bond donors (Lipinski definition) is 2. The molecule has 14 heavy (non-hydrogen) atoms. The van der Waals surface area contributed by atoms with Crippen molar-refractivity contribution in [3.05, 3.63) is 0 Å². The second-order valence-corrected chi connectivity index (χ2v) is 4.92. The van der Waals surface area contributed by atoms with Gasteiger partial charge in [0.05, 0.1) is 0 Å². The van der Waals surface area contributed by atoms with Gasteiger partial charge in [0.15, 0.2) is 0 Å². The van der Waals surface area contributed by atoms with E-state index in [0.717, 1.165) is 19.3 Å². The molecule has 0 saturated carbocycles. The monoisotopic (exact) mass is 202 g/mol. The molecule has 0 amide bonds. The fourth-order valence-electron chi connectivity index (χ4n) is 1.50. The molecule has 0 rings (SSSR count). The molecule has 2 N–H and O–H groups in total. The molecule has 0 aliphatic carbocycles. The molecule has 0 atom stereocenters. The smallest absolute Gasteiger partial charge is 0.0482 e. The molecule has 0 fully saturated rings. The minimum absolute atomic E-state index is 0.102. The number of rotatable bonds is 9. The molecular weight excluding hydrogens is 176 g/mol. The standard InChI is InChI=1S/C12H26O2/c1-12(2,11-14)9-7-5-3-4-6-8-10-13/h13-14H,3-11H2,1-2H3. The van der Waals surface area contributed by atoms with Gasteiger partial charge in [-0.25, -0.2) is 0 Å². The predicted octanol–water partition coefficient (Wildman–Crippen LogP) is 2.73. The molecule has 0 unspecified atom stereocenters. The lowest BCUT2D eigenvalue weighted by Gasteiger charge is -2.20. The minimum Gasteiger partial charge on any atom is -0.396 e. The summed E-state index contributed by atoms with van der Waals surface area (Å²) < 4.78 is 0. The molecule has 0 heterocycles. The lowest BCUT2D eigenvalue weighted by atomic mass is 9.88. The van der Waals surface area contributed by atoms with Crippen LogP contribution in [0.2, 0.25) is 0 Å². The SMILES string of the molecule is CC(C)(CO)CCCCCCCCO. The average molecular weight is 202 g/mol. The third-order valence-electron chi connectivity index (χ3n) is 2.69. The van der Waals surface area contributed by atoms with E-state index in [0.29, 0.717) is 6.61 Å². The van der Waals surface area contributed by atoms with Gasteiger partial charge in [0.1, 0.15) is 0 Å². The summed E-state index contributed by atoms with van der Waals surface area (Å²) >= 11 is 0. The van der Waals surface area contributed by atoms with Gasteiger partial charge in [0.25, 0.3) is 0 Å². The minimum atomic E-state index is 0.102. The van der Waals surface area contributed by atoms with Crippen LogP contribution in [0.25, 0.3) is 0 Å². The summed E-state index contributed by atoms with van der Waals surface area (Å²) in [6.07, 6.45) is 8.19. The van der Waals surface area contributed by atoms with Crippen LogP contribution in [-0.4, -0.2) is 23.4 Å². The molecule has 0 aromatic rings. The van der Waals surface area contributed by atoms with Crippen LogP contribution in [0.15, 0.2) is 0 Å². The van der Waals surface area contributed by atoms with Crippen LogP contribution >= 0.6 is 0 Å². The Kier molecular flexibility index (Phi) is 8.20. The second kappa shape index (κ2) is 8.25. The zero-order valence-electron chi connectivity index (χ0n) is 9.76. The van der Waals surface area contributed by atoms with Crippen LogP contribution in [0.1, 0.15) is 58.8 Å². The van der Waals surface area contributed by atoms with Gasteiger partial charge in [0, 0.05) is 13.2 Å². The van der Waals surface area contributed by atoms with Crippen molar-refractivity contribution in [3.8, 4) is 0 Å². The van der Waals surface area contributed by atoms with Gasteiger partial charge in [-0.3, -0.25) is 0 Å². The Morgan fingerprint density at radius 2 is 1.29 bits per heavy atom. The quantitative estimate of drug-likeness (QED) is 0.564. The molecule has 0 spiro atoms. The van der Waals surface area contributed by atoms with E-state index in [4.69, 9.17) is 10.2 Å². The summed E-state index contributed by atoms with van der Waals surface area (Å²) in [7, 11) is 0. The van der Waals surface area contributed by atoms with E-state index in [2.05, 4.69) is 13.8 Å². The summed E-state index contributed by atoms with van der Waals surface area (Å²) in [6.45, 7) is 4.84. The van der Waals surface area contributed by atoms with Gasteiger partial charge >= 0.3 is 0 Å². The van der Waals surface area contributed by atoms with Crippen molar-refractivity contribution >= 4 is 0 Å². The fourth-order valence-corrected chi connectivity index (χ4v) is 1.50. The molecule has 0 aliphatic heterocycles. The summed E-state index contributed by atoms with van der Waals surface area (Å²) in [5.74, 6) is 0. The van der Waals surface area contributed by atoms with E-state index in [-0.39, 0.29) is 12.0 Å². The summed E-state index contributed by atoms with van der Waals surface area (Å²) in [5.41, 5.74) is 0.102. The highest BCUT2D eigenvalue weighted by molar-refractivity contribution is 4.66. The maximum Gasteiger partial charge on any atom is 0.0482 e. The van der Waals surface area contributed by atoms with Gasteiger partial charge in [-0.05, 0) is 18.3 Å². The van der Waals surface area contributed by atoms with Gasteiger partial charge < -0.3 is 10.2 Å².